The van der Waals surface area contributed by atoms with Crippen LogP contribution >= 0.6 is 0 Å². The fourth-order valence-electron chi connectivity index (χ4n) is 1.78. The molecule has 112 valence electrons. The third kappa shape index (κ3) is 4.20. The first-order chi connectivity index (χ1) is 10.1. The molecule has 1 amide bonds. The van der Waals surface area contributed by atoms with Crippen LogP contribution in [0.1, 0.15) is 31.3 Å². The van der Waals surface area contributed by atoms with E-state index in [-0.39, 0.29) is 24.4 Å². The predicted octanol–water partition coefficient (Wildman–Crippen LogP) is 2.28. The van der Waals surface area contributed by atoms with Crippen LogP contribution in [0.4, 0.5) is 10.8 Å². The normalized spacial score (nSPS) is 12.1. The van der Waals surface area contributed by atoms with Crippen LogP contribution in [0.2, 0.25) is 0 Å². The Morgan fingerprint density at radius 2 is 2.05 bits per heavy atom. The van der Waals surface area contributed by atoms with Gasteiger partial charge >= 0.3 is 12.1 Å². The van der Waals surface area contributed by atoms with Crippen molar-refractivity contribution in [1.82, 2.24) is 15.5 Å². The summed E-state index contributed by atoms with van der Waals surface area (Å²) in [5, 5.41) is 10.1. The molecule has 0 unspecified atom stereocenters. The summed E-state index contributed by atoms with van der Waals surface area (Å²) in [4.78, 5) is 11.9. The highest BCUT2D eigenvalue weighted by molar-refractivity contribution is 5.67. The molecule has 7 heteroatoms. The average Bonchev–Trinajstić information content (AvgIpc) is 2.89. The highest BCUT2D eigenvalue weighted by Crippen LogP contribution is 2.21. The lowest BCUT2D eigenvalue weighted by Crippen LogP contribution is -2.32. The number of nitrogens with two attached hydrogens (primary N) is 1. The third-order valence-electron chi connectivity index (χ3n) is 2.88. The number of nitrogens with one attached hydrogen (secondary N) is 1. The molecule has 7 nitrogen and oxygen atoms in total. The molecule has 0 saturated heterocycles. The first-order valence-electron chi connectivity index (χ1n) is 6.62. The maximum Gasteiger partial charge on any atom is 0.408 e. The molecule has 1 atom stereocenters. The first-order valence-corrected chi connectivity index (χ1v) is 6.62. The maximum atomic E-state index is 11.9. The number of carbonyl (C=O) groups excluding carboxylic acids is 1. The van der Waals surface area contributed by atoms with E-state index in [0.29, 0.717) is 0 Å². The second-order valence-electron chi connectivity index (χ2n) is 4.91. The van der Waals surface area contributed by atoms with Gasteiger partial charge in [0.25, 0.3) is 0 Å². The molecule has 2 aromatic rings. The average molecular weight is 290 g/mol. The van der Waals surface area contributed by atoms with Crippen LogP contribution in [-0.2, 0) is 11.3 Å². The van der Waals surface area contributed by atoms with Gasteiger partial charge in [-0.2, -0.15) is 0 Å². The number of rotatable bonds is 5. The lowest BCUT2D eigenvalue weighted by atomic mass is 10.1. The summed E-state index contributed by atoms with van der Waals surface area (Å²) in [6, 6.07) is 8.95. The Hall–Kier alpha value is -2.57. The van der Waals surface area contributed by atoms with Crippen LogP contribution in [0.25, 0.3) is 0 Å². The summed E-state index contributed by atoms with van der Waals surface area (Å²) < 4.78 is 10.3. The summed E-state index contributed by atoms with van der Waals surface area (Å²) >= 11 is 0. The van der Waals surface area contributed by atoms with E-state index in [0.717, 1.165) is 5.56 Å². The zero-order valence-corrected chi connectivity index (χ0v) is 11.9. The SMILES string of the molecule is CC(C)[C@H](NC(=O)OCc1ccccc1)c1nnc(N)o1. The molecule has 0 saturated carbocycles. The molecule has 0 aliphatic heterocycles. The molecular weight excluding hydrogens is 272 g/mol. The molecule has 1 heterocycles. The standard InChI is InChI=1S/C14H18N4O3/c1-9(2)11(12-17-18-13(15)21-12)16-14(19)20-8-10-6-4-3-5-7-10/h3-7,9,11H,8H2,1-2H3,(H2,15,18)(H,16,19)/t11-/m0/s1. The van der Waals surface area contributed by atoms with E-state index in [1.807, 2.05) is 44.2 Å². The zero-order valence-electron chi connectivity index (χ0n) is 11.9. The van der Waals surface area contributed by atoms with E-state index < -0.39 is 12.1 Å². The van der Waals surface area contributed by atoms with Crippen molar-refractivity contribution in [3.63, 3.8) is 0 Å². The van der Waals surface area contributed by atoms with E-state index in [1.165, 1.54) is 0 Å². The van der Waals surface area contributed by atoms with Crippen molar-refractivity contribution in [3.05, 3.63) is 41.8 Å². The van der Waals surface area contributed by atoms with Crippen molar-refractivity contribution >= 4 is 12.1 Å². The largest absolute Gasteiger partial charge is 0.445 e. The highest BCUT2D eigenvalue weighted by Gasteiger charge is 2.24. The van der Waals surface area contributed by atoms with Gasteiger partial charge in [-0.3, -0.25) is 0 Å². The molecule has 0 fully saturated rings. The van der Waals surface area contributed by atoms with Gasteiger partial charge in [-0.15, -0.1) is 5.10 Å². The number of carbonyl (C=O) groups is 1. The van der Waals surface area contributed by atoms with Gasteiger partial charge in [0, 0.05) is 0 Å². The van der Waals surface area contributed by atoms with Gasteiger partial charge in [0.1, 0.15) is 12.6 Å². The zero-order chi connectivity index (χ0) is 15.2. The summed E-state index contributed by atoms with van der Waals surface area (Å²) in [5.74, 6) is 0.313. The van der Waals surface area contributed by atoms with E-state index >= 15 is 0 Å². The van der Waals surface area contributed by atoms with E-state index in [4.69, 9.17) is 14.9 Å². The first kappa shape index (κ1) is 14.8. The molecule has 1 aromatic heterocycles. The van der Waals surface area contributed by atoms with Gasteiger partial charge in [0.2, 0.25) is 5.89 Å². The van der Waals surface area contributed by atoms with Crippen molar-refractivity contribution in [3.8, 4) is 0 Å². The number of nitrogen functional groups attached to an aromatic ring is 1. The van der Waals surface area contributed by atoms with Crippen LogP contribution in [0.3, 0.4) is 0 Å². The van der Waals surface area contributed by atoms with Crippen LogP contribution in [-0.4, -0.2) is 16.3 Å². The Balaban J connectivity index is 1.93. The quantitative estimate of drug-likeness (QED) is 0.875. The van der Waals surface area contributed by atoms with Gasteiger partial charge in [0.15, 0.2) is 0 Å². The van der Waals surface area contributed by atoms with E-state index in [9.17, 15) is 4.79 Å². The Labute approximate surface area is 122 Å². The van der Waals surface area contributed by atoms with Crippen molar-refractivity contribution in [1.29, 1.82) is 0 Å². The Morgan fingerprint density at radius 1 is 1.33 bits per heavy atom. The molecule has 21 heavy (non-hydrogen) atoms. The summed E-state index contributed by atoms with van der Waals surface area (Å²) in [7, 11) is 0. The number of anilines is 1. The Bertz CT molecular complexity index is 583. The van der Waals surface area contributed by atoms with E-state index in [2.05, 4.69) is 15.5 Å². The number of benzene rings is 1. The molecule has 0 aliphatic carbocycles. The molecule has 0 bridgehead atoms. The third-order valence-corrected chi connectivity index (χ3v) is 2.88. The number of hydrogen-bond donors (Lipinski definition) is 2. The number of ether oxygens (including phenoxy) is 1. The molecule has 1 aromatic carbocycles. The van der Waals surface area contributed by atoms with Crippen LogP contribution in [0, 0.1) is 5.92 Å². The summed E-state index contributed by atoms with van der Waals surface area (Å²) in [5.41, 5.74) is 6.31. The highest BCUT2D eigenvalue weighted by atomic mass is 16.5. The number of aromatic nitrogens is 2. The minimum atomic E-state index is -0.547. The number of hydrogen-bond acceptors (Lipinski definition) is 6. The van der Waals surface area contributed by atoms with Gasteiger partial charge in [0.05, 0.1) is 0 Å². The number of amides is 1. The Kier molecular flexibility index (Phi) is 4.76. The topological polar surface area (TPSA) is 103 Å². The molecular formula is C14H18N4O3. The molecule has 2 rings (SSSR count). The molecule has 0 spiro atoms. The van der Waals surface area contributed by atoms with Gasteiger partial charge < -0.3 is 20.2 Å². The second-order valence-corrected chi connectivity index (χ2v) is 4.91. The van der Waals surface area contributed by atoms with Crippen LogP contribution in [0.5, 0.6) is 0 Å². The molecule has 0 radical (unpaired) electrons. The summed E-state index contributed by atoms with van der Waals surface area (Å²) in [6.45, 7) is 4.04. The fourth-order valence-corrected chi connectivity index (χ4v) is 1.78. The fraction of sp³-hybridized carbons (Fsp3) is 0.357. The lowest BCUT2D eigenvalue weighted by molar-refractivity contribution is 0.130. The minimum Gasteiger partial charge on any atom is -0.445 e. The number of nitrogens with zero attached hydrogens (tertiary/aromatic N) is 2. The van der Waals surface area contributed by atoms with E-state index in [1.54, 1.807) is 0 Å². The van der Waals surface area contributed by atoms with Crippen LogP contribution < -0.4 is 11.1 Å². The predicted molar refractivity (Wildman–Crippen MR) is 76.1 cm³/mol. The van der Waals surface area contributed by atoms with Crippen molar-refractivity contribution in [2.24, 2.45) is 5.92 Å². The van der Waals surface area contributed by atoms with Gasteiger partial charge in [-0.1, -0.05) is 49.3 Å². The molecule has 0 aliphatic rings. The Morgan fingerprint density at radius 3 is 2.62 bits per heavy atom. The maximum absolute atomic E-state index is 11.9. The smallest absolute Gasteiger partial charge is 0.408 e. The van der Waals surface area contributed by atoms with Gasteiger partial charge in [-0.05, 0) is 11.5 Å². The monoisotopic (exact) mass is 290 g/mol. The van der Waals surface area contributed by atoms with Crippen molar-refractivity contribution < 1.29 is 13.9 Å². The molecule has 3 N–H and O–H groups in total. The van der Waals surface area contributed by atoms with Gasteiger partial charge in [-0.25, -0.2) is 4.79 Å². The lowest BCUT2D eigenvalue weighted by Gasteiger charge is -2.18. The van der Waals surface area contributed by atoms with Crippen molar-refractivity contribution in [2.75, 3.05) is 5.73 Å². The number of alkyl carbamates (subject to hydrolysis) is 1. The van der Waals surface area contributed by atoms with Crippen molar-refractivity contribution in [2.45, 2.75) is 26.5 Å². The second kappa shape index (κ2) is 6.74. The minimum absolute atomic E-state index is 0.0323. The summed E-state index contributed by atoms with van der Waals surface area (Å²) in [6.07, 6.45) is -0.547. The van der Waals surface area contributed by atoms with Crippen LogP contribution in [0.15, 0.2) is 34.7 Å².